The number of ketones is 1. The summed E-state index contributed by atoms with van der Waals surface area (Å²) < 4.78 is 12.8. The number of nitrogens with one attached hydrogen (secondary N) is 1. The molecule has 0 spiro atoms. The number of Topliss-reactive ketones (excluding diaryl/α,β-unsaturated/α-hetero) is 1. The Morgan fingerprint density at radius 3 is 2.73 bits per heavy atom. The molecule has 9 heteroatoms. The SMILES string of the molecule is O=C(O)CC(NC(O)[C@@H]1CCCCN1C(=O)c1nccc2ccccc12)C(=O)CF. The third-order valence-corrected chi connectivity index (χ3v) is 5.32. The van der Waals surface area contributed by atoms with Crippen molar-refractivity contribution < 1.29 is 29.0 Å². The van der Waals surface area contributed by atoms with E-state index in [-0.39, 0.29) is 11.6 Å². The van der Waals surface area contributed by atoms with Gasteiger partial charge >= 0.3 is 5.97 Å². The van der Waals surface area contributed by atoms with E-state index < -0.39 is 43.2 Å². The van der Waals surface area contributed by atoms with Crippen LogP contribution in [-0.4, -0.2) is 69.3 Å². The van der Waals surface area contributed by atoms with Gasteiger partial charge in [0.1, 0.15) is 18.6 Å². The smallest absolute Gasteiger partial charge is 0.305 e. The minimum Gasteiger partial charge on any atom is -0.481 e. The number of carbonyl (C=O) groups is 3. The quantitative estimate of drug-likeness (QED) is 0.557. The van der Waals surface area contributed by atoms with Crippen molar-refractivity contribution in [1.29, 1.82) is 0 Å². The molecule has 0 aliphatic carbocycles. The largest absolute Gasteiger partial charge is 0.481 e. The highest BCUT2D eigenvalue weighted by Gasteiger charge is 2.36. The molecule has 0 bridgehead atoms. The second-order valence-corrected chi connectivity index (χ2v) is 7.30. The number of carboxylic acids is 1. The van der Waals surface area contributed by atoms with Crippen LogP contribution in [0.2, 0.25) is 0 Å². The first-order valence-electron chi connectivity index (χ1n) is 9.81. The van der Waals surface area contributed by atoms with Gasteiger partial charge in [-0.3, -0.25) is 24.7 Å². The van der Waals surface area contributed by atoms with Crippen LogP contribution in [0.5, 0.6) is 0 Å². The summed E-state index contributed by atoms with van der Waals surface area (Å²) in [6, 6.07) is 7.06. The van der Waals surface area contributed by atoms with E-state index >= 15 is 0 Å². The molecule has 3 N–H and O–H groups in total. The van der Waals surface area contributed by atoms with Gasteiger partial charge in [0, 0.05) is 18.1 Å². The average molecular weight is 417 g/mol. The molecular weight excluding hydrogens is 393 g/mol. The molecular formula is C21H24FN3O5. The maximum Gasteiger partial charge on any atom is 0.305 e. The molecule has 8 nitrogen and oxygen atoms in total. The van der Waals surface area contributed by atoms with Gasteiger partial charge in [-0.15, -0.1) is 0 Å². The number of aliphatic carboxylic acids is 1. The van der Waals surface area contributed by atoms with Crippen molar-refractivity contribution in [3.05, 3.63) is 42.2 Å². The zero-order valence-corrected chi connectivity index (χ0v) is 16.3. The van der Waals surface area contributed by atoms with Gasteiger partial charge in [0.2, 0.25) is 0 Å². The molecule has 2 aromatic rings. The number of likely N-dealkylation sites (tertiary alicyclic amines) is 1. The number of piperidine rings is 1. The monoisotopic (exact) mass is 417 g/mol. The molecule has 1 saturated heterocycles. The summed E-state index contributed by atoms with van der Waals surface area (Å²) in [5.41, 5.74) is 0.258. The molecule has 1 aromatic heterocycles. The van der Waals surface area contributed by atoms with E-state index in [9.17, 15) is 23.9 Å². The Morgan fingerprint density at radius 2 is 2.00 bits per heavy atom. The Bertz CT molecular complexity index is 933. The van der Waals surface area contributed by atoms with E-state index in [1.54, 1.807) is 18.3 Å². The number of hydrogen-bond acceptors (Lipinski definition) is 6. The molecule has 1 aliphatic rings. The number of rotatable bonds is 8. The summed E-state index contributed by atoms with van der Waals surface area (Å²) in [5, 5.41) is 23.7. The van der Waals surface area contributed by atoms with Gasteiger partial charge in [-0.1, -0.05) is 24.3 Å². The van der Waals surface area contributed by atoms with Crippen molar-refractivity contribution in [3.8, 4) is 0 Å². The topological polar surface area (TPSA) is 120 Å². The van der Waals surface area contributed by atoms with E-state index in [0.717, 1.165) is 18.2 Å². The number of hydrogen-bond donors (Lipinski definition) is 3. The average Bonchev–Trinajstić information content (AvgIpc) is 2.76. The number of carbonyl (C=O) groups excluding carboxylic acids is 2. The van der Waals surface area contributed by atoms with E-state index in [1.807, 2.05) is 18.2 Å². The number of amides is 1. The van der Waals surface area contributed by atoms with Crippen LogP contribution in [0.3, 0.4) is 0 Å². The minimum atomic E-state index is -1.39. The number of pyridine rings is 1. The first kappa shape index (κ1) is 21.8. The van der Waals surface area contributed by atoms with Crippen molar-refractivity contribution >= 4 is 28.4 Å². The van der Waals surface area contributed by atoms with Crippen molar-refractivity contribution in [1.82, 2.24) is 15.2 Å². The summed E-state index contributed by atoms with van der Waals surface area (Å²) in [4.78, 5) is 41.8. The van der Waals surface area contributed by atoms with Crippen molar-refractivity contribution in [3.63, 3.8) is 0 Å². The number of fused-ring (bicyclic) bond motifs is 1. The molecule has 30 heavy (non-hydrogen) atoms. The molecule has 1 aromatic carbocycles. The van der Waals surface area contributed by atoms with Gasteiger partial charge in [0.25, 0.3) is 5.91 Å². The first-order chi connectivity index (χ1) is 14.4. The Kier molecular flexibility index (Phi) is 7.07. The van der Waals surface area contributed by atoms with Crippen LogP contribution in [0.4, 0.5) is 4.39 Å². The van der Waals surface area contributed by atoms with Crippen LogP contribution in [0, 0.1) is 0 Å². The van der Waals surface area contributed by atoms with Crippen LogP contribution >= 0.6 is 0 Å². The molecule has 0 saturated carbocycles. The van der Waals surface area contributed by atoms with Crippen LogP contribution in [-0.2, 0) is 9.59 Å². The summed E-state index contributed by atoms with van der Waals surface area (Å²) >= 11 is 0. The third kappa shape index (κ3) is 4.80. The number of halogens is 1. The first-order valence-corrected chi connectivity index (χ1v) is 9.81. The second-order valence-electron chi connectivity index (χ2n) is 7.30. The number of aliphatic hydroxyl groups excluding tert-OH is 1. The van der Waals surface area contributed by atoms with Crippen molar-refractivity contribution in [2.45, 2.75) is 44.0 Å². The highest BCUT2D eigenvalue weighted by molar-refractivity contribution is 6.05. The fraction of sp³-hybridized carbons (Fsp3) is 0.429. The number of benzene rings is 1. The summed E-state index contributed by atoms with van der Waals surface area (Å²) in [6.07, 6.45) is 1.44. The zero-order valence-electron chi connectivity index (χ0n) is 16.3. The highest BCUT2D eigenvalue weighted by Crippen LogP contribution is 2.24. The van der Waals surface area contributed by atoms with Gasteiger partial charge < -0.3 is 15.1 Å². The van der Waals surface area contributed by atoms with E-state index in [1.165, 1.54) is 4.90 Å². The lowest BCUT2D eigenvalue weighted by atomic mass is 9.98. The van der Waals surface area contributed by atoms with Crippen LogP contribution < -0.4 is 5.32 Å². The van der Waals surface area contributed by atoms with Crippen LogP contribution in [0.15, 0.2) is 36.5 Å². The maximum atomic E-state index is 13.3. The van der Waals surface area contributed by atoms with E-state index in [0.29, 0.717) is 18.4 Å². The molecule has 1 aliphatic heterocycles. The number of carboxylic acid groups (broad SMARTS) is 1. The predicted octanol–water partition coefficient (Wildman–Crippen LogP) is 1.52. The normalized spacial score (nSPS) is 18.7. The fourth-order valence-electron chi connectivity index (χ4n) is 3.81. The Labute approximate surface area is 172 Å². The van der Waals surface area contributed by atoms with E-state index in [2.05, 4.69) is 10.3 Å². The number of aromatic nitrogens is 1. The Balaban J connectivity index is 1.84. The molecule has 2 unspecified atom stereocenters. The predicted molar refractivity (Wildman–Crippen MR) is 107 cm³/mol. The summed E-state index contributed by atoms with van der Waals surface area (Å²) in [6.45, 7) is -0.960. The molecule has 0 radical (unpaired) electrons. The Morgan fingerprint density at radius 1 is 1.23 bits per heavy atom. The van der Waals surface area contributed by atoms with Gasteiger partial charge in [0.05, 0.1) is 18.5 Å². The van der Waals surface area contributed by atoms with Crippen LogP contribution in [0.25, 0.3) is 10.8 Å². The summed E-state index contributed by atoms with van der Waals surface area (Å²) in [5.74, 6) is -2.61. The zero-order chi connectivity index (χ0) is 21.7. The molecule has 3 atom stereocenters. The molecule has 1 amide bonds. The Hall–Kier alpha value is -2.91. The van der Waals surface area contributed by atoms with Gasteiger partial charge in [0.15, 0.2) is 5.78 Å². The number of aliphatic hydroxyl groups is 1. The summed E-state index contributed by atoms with van der Waals surface area (Å²) in [7, 11) is 0. The van der Waals surface area contributed by atoms with E-state index in [4.69, 9.17) is 5.11 Å². The fourth-order valence-corrected chi connectivity index (χ4v) is 3.81. The van der Waals surface area contributed by atoms with Crippen LogP contribution in [0.1, 0.15) is 36.2 Å². The molecule has 2 heterocycles. The standard InChI is InChI=1S/C21H24FN3O5/c22-12-17(26)15(11-18(27)28)24-20(29)16-7-3-4-10-25(16)21(30)19-14-6-2-1-5-13(14)8-9-23-19/h1-2,5-6,8-9,15-16,20,24,29H,3-4,7,10-12H2,(H,27,28)/t15?,16-,20?/m0/s1. The van der Waals surface area contributed by atoms with Gasteiger partial charge in [-0.25, -0.2) is 4.39 Å². The molecule has 1 fully saturated rings. The lowest BCUT2D eigenvalue weighted by Gasteiger charge is -2.39. The maximum absolute atomic E-state index is 13.3. The molecule has 3 rings (SSSR count). The lowest BCUT2D eigenvalue weighted by molar-refractivity contribution is -0.140. The third-order valence-electron chi connectivity index (χ3n) is 5.32. The minimum absolute atomic E-state index is 0.258. The number of nitrogens with zero attached hydrogens (tertiary/aromatic N) is 2. The second kappa shape index (κ2) is 9.73. The van der Waals surface area contributed by atoms with Gasteiger partial charge in [-0.05, 0) is 30.7 Å². The number of alkyl halides is 1. The molecule has 160 valence electrons. The van der Waals surface area contributed by atoms with Crippen molar-refractivity contribution in [2.75, 3.05) is 13.2 Å². The highest BCUT2D eigenvalue weighted by atomic mass is 19.1. The van der Waals surface area contributed by atoms with Gasteiger partial charge in [-0.2, -0.15) is 0 Å². The van der Waals surface area contributed by atoms with Crippen molar-refractivity contribution in [2.24, 2.45) is 0 Å². The lowest BCUT2D eigenvalue weighted by Crippen LogP contribution is -2.58.